The first-order chi connectivity index (χ1) is 6.03. The monoisotopic (exact) mass is 184 g/mol. The summed E-state index contributed by atoms with van der Waals surface area (Å²) in [7, 11) is 0. The fourth-order valence-electron chi connectivity index (χ4n) is 1.75. The topological polar surface area (TPSA) is 76.4 Å². The standard InChI is InChI=1S/C9H20N4/c1-9(2)5-3-7(4-6-9)12-8(10)13-11/h7H,3-6,11H2,1-2H3,(H3,10,12,13). The normalized spacial score (nSPS) is 24.4. The van der Waals surface area contributed by atoms with Crippen LogP contribution >= 0.6 is 0 Å². The van der Waals surface area contributed by atoms with E-state index in [0.717, 1.165) is 12.8 Å². The number of hydrogen-bond donors (Lipinski definition) is 3. The molecule has 0 spiro atoms. The van der Waals surface area contributed by atoms with E-state index in [0.29, 0.717) is 17.4 Å². The smallest absolute Gasteiger partial charge is 0.203 e. The molecular formula is C9H20N4. The maximum atomic E-state index is 5.49. The van der Waals surface area contributed by atoms with Crippen molar-refractivity contribution < 1.29 is 0 Å². The summed E-state index contributed by atoms with van der Waals surface area (Å²) in [5, 5.41) is 0. The maximum absolute atomic E-state index is 5.49. The van der Waals surface area contributed by atoms with Gasteiger partial charge in [-0.15, -0.1) is 0 Å². The van der Waals surface area contributed by atoms with E-state index in [1.807, 2.05) is 0 Å². The molecular weight excluding hydrogens is 164 g/mol. The van der Waals surface area contributed by atoms with Gasteiger partial charge in [0.15, 0.2) is 0 Å². The molecule has 0 aromatic carbocycles. The molecule has 1 rings (SSSR count). The summed E-state index contributed by atoms with van der Waals surface area (Å²) in [6.07, 6.45) is 4.68. The van der Waals surface area contributed by atoms with Gasteiger partial charge < -0.3 is 5.73 Å². The molecule has 0 saturated heterocycles. The SMILES string of the molecule is CC1(C)CCC(N=C(N)NN)CC1. The van der Waals surface area contributed by atoms with Crippen LogP contribution in [0.2, 0.25) is 0 Å². The highest BCUT2D eigenvalue weighted by molar-refractivity contribution is 5.77. The lowest BCUT2D eigenvalue weighted by molar-refractivity contribution is 0.226. The highest BCUT2D eigenvalue weighted by atomic mass is 15.3. The molecule has 1 fully saturated rings. The van der Waals surface area contributed by atoms with Crippen LogP contribution in [0.5, 0.6) is 0 Å². The van der Waals surface area contributed by atoms with Crippen LogP contribution in [-0.4, -0.2) is 12.0 Å². The lowest BCUT2D eigenvalue weighted by atomic mass is 9.76. The number of rotatable bonds is 1. The molecule has 0 atom stereocenters. The van der Waals surface area contributed by atoms with Gasteiger partial charge in [-0.1, -0.05) is 13.8 Å². The molecule has 0 bridgehead atoms. The quantitative estimate of drug-likeness (QED) is 0.243. The number of aliphatic imine (C=N–C) groups is 1. The highest BCUT2D eigenvalue weighted by Crippen LogP contribution is 2.35. The van der Waals surface area contributed by atoms with Crippen molar-refractivity contribution in [2.45, 2.75) is 45.6 Å². The van der Waals surface area contributed by atoms with Crippen LogP contribution in [0, 0.1) is 5.41 Å². The Morgan fingerprint density at radius 1 is 1.38 bits per heavy atom. The van der Waals surface area contributed by atoms with Crippen molar-refractivity contribution in [1.82, 2.24) is 5.43 Å². The Hall–Kier alpha value is -0.770. The summed E-state index contributed by atoms with van der Waals surface area (Å²) in [4.78, 5) is 4.28. The van der Waals surface area contributed by atoms with Crippen LogP contribution in [0.25, 0.3) is 0 Å². The summed E-state index contributed by atoms with van der Waals surface area (Å²) >= 11 is 0. The second kappa shape index (κ2) is 3.96. The highest BCUT2D eigenvalue weighted by Gasteiger charge is 2.26. The van der Waals surface area contributed by atoms with E-state index in [1.165, 1.54) is 12.8 Å². The maximum Gasteiger partial charge on any atom is 0.203 e. The molecule has 4 heteroatoms. The molecule has 0 amide bonds. The van der Waals surface area contributed by atoms with E-state index >= 15 is 0 Å². The van der Waals surface area contributed by atoms with Crippen molar-refractivity contribution in [2.24, 2.45) is 22.0 Å². The fourth-order valence-corrected chi connectivity index (χ4v) is 1.75. The van der Waals surface area contributed by atoms with Crippen LogP contribution in [0.4, 0.5) is 0 Å². The first kappa shape index (κ1) is 10.3. The molecule has 0 aromatic rings. The van der Waals surface area contributed by atoms with Gasteiger partial charge in [0, 0.05) is 0 Å². The largest absolute Gasteiger partial charge is 0.369 e. The van der Waals surface area contributed by atoms with Crippen LogP contribution in [0.1, 0.15) is 39.5 Å². The van der Waals surface area contributed by atoms with Crippen LogP contribution in [0.15, 0.2) is 4.99 Å². The van der Waals surface area contributed by atoms with Gasteiger partial charge in [0.1, 0.15) is 0 Å². The Labute approximate surface area is 79.7 Å². The molecule has 76 valence electrons. The minimum atomic E-state index is 0.352. The zero-order valence-corrected chi connectivity index (χ0v) is 8.51. The third-order valence-corrected chi connectivity index (χ3v) is 2.78. The van der Waals surface area contributed by atoms with Crippen LogP contribution in [0.3, 0.4) is 0 Å². The Balaban J connectivity index is 2.42. The summed E-state index contributed by atoms with van der Waals surface area (Å²) in [5.41, 5.74) is 8.33. The molecule has 0 heterocycles. The van der Waals surface area contributed by atoms with Crippen molar-refractivity contribution >= 4 is 5.96 Å². The Kier molecular flexibility index (Phi) is 3.14. The predicted octanol–water partition coefficient (Wildman–Crippen LogP) is 0.733. The number of nitrogens with zero attached hydrogens (tertiary/aromatic N) is 1. The van der Waals surface area contributed by atoms with Gasteiger partial charge in [0.05, 0.1) is 6.04 Å². The molecule has 4 nitrogen and oxygen atoms in total. The van der Waals surface area contributed by atoms with E-state index in [-0.39, 0.29) is 0 Å². The van der Waals surface area contributed by atoms with Gasteiger partial charge in [-0.25, -0.2) is 10.8 Å². The van der Waals surface area contributed by atoms with Crippen LogP contribution in [-0.2, 0) is 0 Å². The summed E-state index contributed by atoms with van der Waals surface area (Å²) in [5.74, 6) is 5.49. The number of hydrazine groups is 1. The molecule has 1 saturated carbocycles. The minimum Gasteiger partial charge on any atom is -0.369 e. The molecule has 1 aliphatic carbocycles. The van der Waals surface area contributed by atoms with Crippen molar-refractivity contribution in [3.05, 3.63) is 0 Å². The second-order valence-electron chi connectivity index (χ2n) is 4.55. The molecule has 5 N–H and O–H groups in total. The van der Waals surface area contributed by atoms with Gasteiger partial charge in [0.25, 0.3) is 0 Å². The molecule has 0 aromatic heterocycles. The van der Waals surface area contributed by atoms with Crippen molar-refractivity contribution in [1.29, 1.82) is 0 Å². The number of guanidine groups is 1. The Morgan fingerprint density at radius 2 is 1.92 bits per heavy atom. The second-order valence-corrected chi connectivity index (χ2v) is 4.55. The molecule has 0 unspecified atom stereocenters. The van der Waals surface area contributed by atoms with E-state index in [9.17, 15) is 0 Å². The zero-order valence-electron chi connectivity index (χ0n) is 8.51. The van der Waals surface area contributed by atoms with Crippen LogP contribution < -0.4 is 17.0 Å². The third-order valence-electron chi connectivity index (χ3n) is 2.78. The number of nitrogens with one attached hydrogen (secondary N) is 1. The lowest BCUT2D eigenvalue weighted by Crippen LogP contribution is -2.38. The van der Waals surface area contributed by atoms with Gasteiger partial charge >= 0.3 is 0 Å². The third kappa shape index (κ3) is 3.22. The van der Waals surface area contributed by atoms with E-state index in [4.69, 9.17) is 11.6 Å². The molecule has 13 heavy (non-hydrogen) atoms. The predicted molar refractivity (Wildman–Crippen MR) is 55.0 cm³/mol. The van der Waals surface area contributed by atoms with Gasteiger partial charge in [-0.3, -0.25) is 5.43 Å². The molecule has 1 aliphatic rings. The van der Waals surface area contributed by atoms with Gasteiger partial charge in [-0.05, 0) is 31.1 Å². The van der Waals surface area contributed by atoms with E-state index < -0.39 is 0 Å². The fraction of sp³-hybridized carbons (Fsp3) is 0.889. The van der Waals surface area contributed by atoms with E-state index in [2.05, 4.69) is 24.3 Å². The molecule has 0 aliphatic heterocycles. The Bertz CT molecular complexity index is 188. The zero-order chi connectivity index (χ0) is 9.90. The van der Waals surface area contributed by atoms with Crippen molar-refractivity contribution in [2.75, 3.05) is 0 Å². The van der Waals surface area contributed by atoms with E-state index in [1.54, 1.807) is 0 Å². The number of hydrogen-bond acceptors (Lipinski definition) is 2. The summed E-state index contributed by atoms with van der Waals surface area (Å²) in [6.45, 7) is 4.61. The number of nitrogens with two attached hydrogens (primary N) is 2. The Morgan fingerprint density at radius 3 is 2.38 bits per heavy atom. The van der Waals surface area contributed by atoms with Crippen molar-refractivity contribution in [3.8, 4) is 0 Å². The average molecular weight is 184 g/mol. The van der Waals surface area contributed by atoms with Crippen molar-refractivity contribution in [3.63, 3.8) is 0 Å². The lowest BCUT2D eigenvalue weighted by Gasteiger charge is -2.32. The average Bonchev–Trinajstić information content (AvgIpc) is 2.08. The molecule has 0 radical (unpaired) electrons. The minimum absolute atomic E-state index is 0.352. The first-order valence-corrected chi connectivity index (χ1v) is 4.83. The van der Waals surface area contributed by atoms with Gasteiger partial charge in [0.2, 0.25) is 5.96 Å². The first-order valence-electron chi connectivity index (χ1n) is 4.83. The summed E-state index contributed by atoms with van der Waals surface area (Å²) in [6, 6.07) is 0.365. The van der Waals surface area contributed by atoms with Gasteiger partial charge in [-0.2, -0.15) is 0 Å². The summed E-state index contributed by atoms with van der Waals surface area (Å²) < 4.78 is 0.